The third kappa shape index (κ3) is 5.00. The molecule has 2 aromatic rings. The average molecular weight is 459 g/mol. The second-order valence-electron chi connectivity index (χ2n) is 7.92. The first-order valence-electron chi connectivity index (χ1n) is 10.2. The predicted molar refractivity (Wildman–Crippen MR) is 127 cm³/mol. The Kier molecular flexibility index (Phi) is 6.46. The molecular formula is C23H24ClFN4OS. The summed E-state index contributed by atoms with van der Waals surface area (Å²) in [5.41, 5.74) is 2.60. The van der Waals surface area contributed by atoms with E-state index in [1.807, 2.05) is 19.1 Å². The number of carbonyl (C=O) groups excluding carboxylic acids is 1. The van der Waals surface area contributed by atoms with Crippen molar-refractivity contribution in [3.05, 3.63) is 64.4 Å². The zero-order chi connectivity index (χ0) is 22.0. The molecule has 1 N–H and O–H groups in total. The van der Waals surface area contributed by atoms with E-state index in [1.54, 1.807) is 18.2 Å². The van der Waals surface area contributed by atoms with E-state index in [2.05, 4.69) is 17.3 Å². The second kappa shape index (κ2) is 9.10. The van der Waals surface area contributed by atoms with Crippen LogP contribution in [-0.4, -0.2) is 53.1 Å². The van der Waals surface area contributed by atoms with Gasteiger partial charge in [0.25, 0.3) is 0 Å². The maximum Gasteiger partial charge on any atom is 0.234 e. The number of rotatable bonds is 4. The highest BCUT2D eigenvalue weighted by atomic mass is 35.5. The standard InChI is InChI=1S/C23H24ClFN4OS/c1-15-18(24)4-3-5-19(15)26-20(30)14-31-22-21(16-6-8-17(25)9-7-16)27-23(28-22)10-12-29(2)13-11-23/h3-9H,10-14H2,1-2H3,(H,26,30). The van der Waals surface area contributed by atoms with Gasteiger partial charge in [-0.15, -0.1) is 0 Å². The van der Waals surface area contributed by atoms with Gasteiger partial charge in [-0.05, 0) is 55.9 Å². The van der Waals surface area contributed by atoms with Crippen LogP contribution in [0.5, 0.6) is 0 Å². The molecule has 31 heavy (non-hydrogen) atoms. The smallest absolute Gasteiger partial charge is 0.234 e. The first-order chi connectivity index (χ1) is 14.8. The Morgan fingerprint density at radius 1 is 1.19 bits per heavy atom. The van der Waals surface area contributed by atoms with Crippen LogP contribution in [0, 0.1) is 12.7 Å². The molecule has 0 radical (unpaired) electrons. The summed E-state index contributed by atoms with van der Waals surface area (Å²) < 4.78 is 13.4. The quantitative estimate of drug-likeness (QED) is 0.717. The molecule has 4 rings (SSSR count). The van der Waals surface area contributed by atoms with E-state index in [1.165, 1.54) is 23.9 Å². The van der Waals surface area contributed by atoms with Crippen LogP contribution in [0.15, 0.2) is 52.4 Å². The molecule has 8 heteroatoms. The normalized spacial score (nSPS) is 18.1. The molecule has 0 aliphatic carbocycles. The zero-order valence-corrected chi connectivity index (χ0v) is 19.1. The van der Waals surface area contributed by atoms with Gasteiger partial charge in [-0.2, -0.15) is 0 Å². The average Bonchev–Trinajstić information content (AvgIpc) is 3.11. The van der Waals surface area contributed by atoms with Gasteiger partial charge < -0.3 is 10.2 Å². The number of amides is 1. The van der Waals surface area contributed by atoms with Gasteiger partial charge in [-0.1, -0.05) is 29.4 Å². The summed E-state index contributed by atoms with van der Waals surface area (Å²) in [5.74, 6) is -0.235. The lowest BCUT2D eigenvalue weighted by Gasteiger charge is -2.33. The summed E-state index contributed by atoms with van der Waals surface area (Å²) in [6.45, 7) is 3.70. The molecule has 0 unspecified atom stereocenters. The zero-order valence-electron chi connectivity index (χ0n) is 17.5. The van der Waals surface area contributed by atoms with Crippen molar-refractivity contribution in [2.45, 2.75) is 25.4 Å². The number of piperidine rings is 1. The first kappa shape index (κ1) is 22.0. The topological polar surface area (TPSA) is 57.1 Å². The fraction of sp³-hybridized carbons (Fsp3) is 0.348. The summed E-state index contributed by atoms with van der Waals surface area (Å²) in [4.78, 5) is 24.8. The van der Waals surface area contributed by atoms with Crippen LogP contribution in [-0.2, 0) is 4.79 Å². The van der Waals surface area contributed by atoms with E-state index in [4.69, 9.17) is 21.6 Å². The number of nitrogens with zero attached hydrogens (tertiary/aromatic N) is 3. The van der Waals surface area contributed by atoms with E-state index in [0.717, 1.165) is 47.8 Å². The van der Waals surface area contributed by atoms with Crippen molar-refractivity contribution in [2.24, 2.45) is 9.98 Å². The maximum atomic E-state index is 13.4. The number of carbonyl (C=O) groups is 1. The van der Waals surface area contributed by atoms with Crippen molar-refractivity contribution in [1.29, 1.82) is 0 Å². The fourth-order valence-electron chi connectivity index (χ4n) is 3.68. The molecule has 2 aromatic carbocycles. The number of thioether (sulfide) groups is 1. The molecule has 0 bridgehead atoms. The van der Waals surface area contributed by atoms with E-state index in [0.29, 0.717) is 10.7 Å². The molecule has 1 fully saturated rings. The van der Waals surface area contributed by atoms with Crippen molar-refractivity contribution >= 4 is 45.7 Å². The molecule has 0 saturated carbocycles. The second-order valence-corrected chi connectivity index (χ2v) is 9.29. The number of anilines is 1. The fourth-order valence-corrected chi connectivity index (χ4v) is 4.73. The minimum atomic E-state index is -0.488. The highest BCUT2D eigenvalue weighted by molar-refractivity contribution is 8.16. The molecule has 1 saturated heterocycles. The number of aliphatic imine (C=N–C) groups is 2. The Balaban J connectivity index is 1.51. The van der Waals surface area contributed by atoms with Crippen molar-refractivity contribution in [2.75, 3.05) is 31.2 Å². The van der Waals surface area contributed by atoms with Crippen molar-refractivity contribution in [3.63, 3.8) is 0 Å². The van der Waals surface area contributed by atoms with E-state index >= 15 is 0 Å². The van der Waals surface area contributed by atoms with Gasteiger partial charge >= 0.3 is 0 Å². The molecule has 1 spiro atoms. The third-order valence-electron chi connectivity index (χ3n) is 5.62. The Hall–Kier alpha value is -2.22. The van der Waals surface area contributed by atoms with Crippen molar-refractivity contribution < 1.29 is 9.18 Å². The van der Waals surface area contributed by atoms with Crippen LogP contribution < -0.4 is 5.32 Å². The van der Waals surface area contributed by atoms with Crippen molar-refractivity contribution in [1.82, 2.24) is 4.90 Å². The number of hydrogen-bond acceptors (Lipinski definition) is 5. The van der Waals surface area contributed by atoms with Gasteiger partial charge in [0.2, 0.25) is 5.91 Å². The summed E-state index contributed by atoms with van der Waals surface area (Å²) in [6.07, 6.45) is 1.65. The van der Waals surface area contributed by atoms with Gasteiger partial charge in [0.05, 0.1) is 11.5 Å². The third-order valence-corrected chi connectivity index (χ3v) is 6.99. The largest absolute Gasteiger partial charge is 0.325 e. The molecule has 0 aromatic heterocycles. The monoisotopic (exact) mass is 458 g/mol. The Morgan fingerprint density at radius 2 is 1.90 bits per heavy atom. The van der Waals surface area contributed by atoms with Crippen LogP contribution in [0.2, 0.25) is 5.02 Å². The lowest BCUT2D eigenvalue weighted by atomic mass is 9.99. The lowest BCUT2D eigenvalue weighted by Crippen LogP contribution is -2.39. The molecule has 2 heterocycles. The molecule has 2 aliphatic heterocycles. The molecular weight excluding hydrogens is 435 g/mol. The van der Waals surface area contributed by atoms with Crippen LogP contribution >= 0.6 is 23.4 Å². The SMILES string of the molecule is Cc1c(Cl)cccc1NC(=O)CSC1=NC2(CCN(C)CC2)N=C1c1ccc(F)cc1. The molecule has 1 amide bonds. The van der Waals surface area contributed by atoms with E-state index in [9.17, 15) is 9.18 Å². The highest BCUT2D eigenvalue weighted by Crippen LogP contribution is 2.35. The molecule has 2 aliphatic rings. The Labute approximate surface area is 190 Å². The summed E-state index contributed by atoms with van der Waals surface area (Å²) in [7, 11) is 2.09. The minimum Gasteiger partial charge on any atom is -0.325 e. The minimum absolute atomic E-state index is 0.138. The highest BCUT2D eigenvalue weighted by Gasteiger charge is 2.39. The molecule has 162 valence electrons. The lowest BCUT2D eigenvalue weighted by molar-refractivity contribution is -0.113. The first-order valence-corrected chi connectivity index (χ1v) is 11.5. The Morgan fingerprint density at radius 3 is 2.61 bits per heavy atom. The Bertz CT molecular complexity index is 1050. The van der Waals surface area contributed by atoms with E-state index in [-0.39, 0.29) is 17.5 Å². The predicted octanol–water partition coefficient (Wildman–Crippen LogP) is 4.78. The van der Waals surface area contributed by atoms with Crippen LogP contribution in [0.25, 0.3) is 0 Å². The number of benzene rings is 2. The summed E-state index contributed by atoms with van der Waals surface area (Å²) >= 11 is 7.51. The van der Waals surface area contributed by atoms with E-state index < -0.39 is 5.66 Å². The van der Waals surface area contributed by atoms with Gasteiger partial charge in [0.15, 0.2) is 5.66 Å². The molecule has 5 nitrogen and oxygen atoms in total. The van der Waals surface area contributed by atoms with Gasteiger partial charge in [-0.3, -0.25) is 9.79 Å². The van der Waals surface area contributed by atoms with Gasteiger partial charge in [-0.25, -0.2) is 9.38 Å². The number of halogens is 2. The molecule has 0 atom stereocenters. The number of hydrogen-bond donors (Lipinski definition) is 1. The van der Waals surface area contributed by atoms with Crippen LogP contribution in [0.3, 0.4) is 0 Å². The summed E-state index contributed by atoms with van der Waals surface area (Å²) in [6, 6.07) is 11.7. The van der Waals surface area contributed by atoms with Gasteiger partial charge in [0.1, 0.15) is 10.9 Å². The van der Waals surface area contributed by atoms with Crippen LogP contribution in [0.4, 0.5) is 10.1 Å². The van der Waals surface area contributed by atoms with Crippen LogP contribution in [0.1, 0.15) is 24.0 Å². The number of nitrogens with one attached hydrogen (secondary N) is 1. The maximum absolute atomic E-state index is 13.4. The van der Waals surface area contributed by atoms with Crippen molar-refractivity contribution in [3.8, 4) is 0 Å². The summed E-state index contributed by atoms with van der Waals surface area (Å²) in [5, 5.41) is 4.26. The van der Waals surface area contributed by atoms with Gasteiger partial charge in [0, 0.05) is 42.2 Å². The number of likely N-dealkylation sites (tertiary alicyclic amines) is 1.